The Morgan fingerprint density at radius 3 is 0.810 bits per heavy atom. The molecule has 0 aromatic heterocycles. The van der Waals surface area contributed by atoms with Gasteiger partial charge in [0.05, 0.1) is 25.2 Å². The van der Waals surface area contributed by atoms with Gasteiger partial charge in [-0.15, -0.1) is 0 Å². The lowest BCUT2D eigenvalue weighted by Gasteiger charge is -2.40. The molecule has 0 heterocycles. The lowest BCUT2D eigenvalue weighted by Crippen LogP contribution is -2.53. The maximum atomic E-state index is 14.4. The van der Waals surface area contributed by atoms with Gasteiger partial charge in [0.2, 0.25) is 0 Å². The van der Waals surface area contributed by atoms with Crippen molar-refractivity contribution in [2.45, 2.75) is 118 Å². The molecule has 0 bridgehead atoms. The zero-order chi connectivity index (χ0) is 33.5. The molecular formula is C28H68O8Si6. The van der Waals surface area contributed by atoms with Crippen LogP contribution >= 0.6 is 0 Å². The summed E-state index contributed by atoms with van der Waals surface area (Å²) in [7, 11) is -11.6. The SMILES string of the molecule is C[Si](C)(C)OCC(COC(=O)C(CO[Si](C)(C)C)(CO[Si](C)(C)C)CO[Si](C)(C)C)(CO[Si](C)(C)C)CO[Si](C)(C)C. The first kappa shape index (κ1) is 42.5. The van der Waals surface area contributed by atoms with Crippen molar-refractivity contribution in [3.8, 4) is 0 Å². The molecule has 0 N–H and O–H groups in total. The minimum Gasteiger partial charge on any atom is -0.464 e. The van der Waals surface area contributed by atoms with Gasteiger partial charge in [0.25, 0.3) is 0 Å². The Bertz CT molecular complexity index is 724. The highest BCUT2D eigenvalue weighted by molar-refractivity contribution is 6.71. The molecule has 42 heavy (non-hydrogen) atoms. The van der Waals surface area contributed by atoms with Gasteiger partial charge in [-0.25, -0.2) is 0 Å². The molecule has 0 spiro atoms. The third-order valence-electron chi connectivity index (χ3n) is 5.72. The number of carbonyl (C=O) groups excluding carboxylic acids is 1. The number of hydrogen-bond donors (Lipinski definition) is 0. The van der Waals surface area contributed by atoms with Gasteiger partial charge >= 0.3 is 5.97 Å². The first-order valence-electron chi connectivity index (χ1n) is 15.4. The summed E-state index contributed by atoms with van der Waals surface area (Å²) in [6, 6.07) is 0. The van der Waals surface area contributed by atoms with Gasteiger partial charge in [0, 0.05) is 19.8 Å². The predicted molar refractivity (Wildman–Crippen MR) is 192 cm³/mol. The molecule has 0 fully saturated rings. The molecule has 0 aromatic carbocycles. The second kappa shape index (κ2) is 15.9. The van der Waals surface area contributed by atoms with Crippen molar-refractivity contribution in [3.63, 3.8) is 0 Å². The molecule has 0 aliphatic rings. The van der Waals surface area contributed by atoms with Crippen molar-refractivity contribution in [3.05, 3.63) is 0 Å². The molecule has 0 aliphatic carbocycles. The predicted octanol–water partition coefficient (Wildman–Crippen LogP) is 7.61. The summed E-state index contributed by atoms with van der Waals surface area (Å²) >= 11 is 0. The summed E-state index contributed by atoms with van der Waals surface area (Å²) in [5, 5.41) is 0. The van der Waals surface area contributed by atoms with Crippen molar-refractivity contribution < 1.29 is 36.1 Å². The molecule has 0 saturated carbocycles. The zero-order valence-corrected chi connectivity index (χ0v) is 36.7. The van der Waals surface area contributed by atoms with E-state index in [0.29, 0.717) is 19.8 Å². The Morgan fingerprint density at radius 1 is 0.381 bits per heavy atom. The van der Waals surface area contributed by atoms with Gasteiger partial charge in [-0.05, 0) is 118 Å². The van der Waals surface area contributed by atoms with Crippen LogP contribution in [0.15, 0.2) is 0 Å². The highest BCUT2D eigenvalue weighted by atomic mass is 28.4. The fourth-order valence-electron chi connectivity index (χ4n) is 3.10. The third kappa shape index (κ3) is 21.3. The third-order valence-corrected chi connectivity index (χ3v) is 11.8. The van der Waals surface area contributed by atoms with E-state index >= 15 is 0 Å². The molecule has 0 radical (unpaired) electrons. The van der Waals surface area contributed by atoms with E-state index in [1.165, 1.54) is 0 Å². The summed E-state index contributed by atoms with van der Waals surface area (Å²) in [4.78, 5) is 14.4. The van der Waals surface area contributed by atoms with Crippen LogP contribution in [-0.2, 0) is 36.1 Å². The van der Waals surface area contributed by atoms with Crippen molar-refractivity contribution in [1.29, 1.82) is 0 Å². The highest BCUT2D eigenvalue weighted by Gasteiger charge is 2.46. The average molecular weight is 701 g/mol. The summed E-state index contributed by atoms with van der Waals surface area (Å²) in [6.07, 6.45) is 0. The minimum absolute atomic E-state index is 0.125. The molecule has 8 nitrogen and oxygen atoms in total. The molecule has 0 aromatic rings. The Labute approximate surface area is 266 Å². The topological polar surface area (TPSA) is 81.7 Å². The van der Waals surface area contributed by atoms with E-state index < -0.39 is 60.7 Å². The Kier molecular flexibility index (Phi) is 16.1. The van der Waals surface area contributed by atoms with Gasteiger partial charge in [0.1, 0.15) is 12.0 Å². The molecule has 0 rings (SSSR count). The van der Waals surface area contributed by atoms with Crippen LogP contribution in [0.4, 0.5) is 0 Å². The lowest BCUT2D eigenvalue weighted by atomic mass is 9.90. The fourth-order valence-corrected chi connectivity index (χ4v) is 7.44. The van der Waals surface area contributed by atoms with E-state index in [4.69, 9.17) is 31.3 Å². The van der Waals surface area contributed by atoms with Crippen LogP contribution in [0.2, 0.25) is 118 Å². The van der Waals surface area contributed by atoms with Gasteiger partial charge in [-0.3, -0.25) is 4.79 Å². The average Bonchev–Trinajstić information content (AvgIpc) is 2.74. The molecule has 252 valence electrons. The van der Waals surface area contributed by atoms with Gasteiger partial charge in [0.15, 0.2) is 49.9 Å². The minimum atomic E-state index is -1.97. The summed E-state index contributed by atoms with van der Waals surface area (Å²) < 4.78 is 45.0. The molecule has 14 heteroatoms. The first-order chi connectivity index (χ1) is 18.4. The molecule has 0 atom stereocenters. The first-order valence-corrected chi connectivity index (χ1v) is 35.8. The second-order valence-corrected chi connectivity index (χ2v) is 44.8. The monoisotopic (exact) mass is 700 g/mol. The van der Waals surface area contributed by atoms with Crippen LogP contribution in [0.25, 0.3) is 0 Å². The second-order valence-electron chi connectivity index (χ2n) is 17.8. The molecular weight excluding hydrogens is 633 g/mol. The standard InChI is InChI=1S/C28H68O8Si6/c1-37(2,3)31-20-27(21-32-38(4,5)6,22-33-39(7,8)9)19-30-26(29)28(23-34-40(10,11)12,24-35-41(13,14)15)25-36-42(16,17)18/h19-25H2,1-18H3. The number of esters is 1. The summed E-state index contributed by atoms with van der Waals surface area (Å²) in [5.41, 5.74) is -1.72. The number of carbonyl (C=O) groups is 1. The van der Waals surface area contributed by atoms with Crippen LogP contribution in [0.1, 0.15) is 0 Å². The molecule has 0 amide bonds. The Balaban J connectivity index is 6.60. The van der Waals surface area contributed by atoms with Crippen LogP contribution in [-0.4, -0.2) is 102 Å². The number of rotatable bonds is 21. The summed E-state index contributed by atoms with van der Waals surface area (Å²) in [5.74, 6) is -0.351. The van der Waals surface area contributed by atoms with Crippen LogP contribution in [0, 0.1) is 10.8 Å². The normalized spacial score (nSPS) is 14.8. The Hall–Kier alpha value is 0.531. The van der Waals surface area contributed by atoms with Gasteiger partial charge < -0.3 is 31.3 Å². The van der Waals surface area contributed by atoms with Crippen molar-refractivity contribution in [1.82, 2.24) is 0 Å². The molecule has 0 aliphatic heterocycles. The smallest absolute Gasteiger partial charge is 0.319 e. The number of ether oxygens (including phenoxy) is 1. The van der Waals surface area contributed by atoms with Crippen LogP contribution < -0.4 is 0 Å². The molecule has 0 saturated heterocycles. The van der Waals surface area contributed by atoms with Gasteiger partial charge in [-0.2, -0.15) is 0 Å². The lowest BCUT2D eigenvalue weighted by molar-refractivity contribution is -0.170. The quantitative estimate of drug-likeness (QED) is 0.0894. The van der Waals surface area contributed by atoms with E-state index in [-0.39, 0.29) is 32.4 Å². The Morgan fingerprint density at radius 2 is 0.595 bits per heavy atom. The van der Waals surface area contributed by atoms with Crippen molar-refractivity contribution in [2.24, 2.45) is 10.8 Å². The van der Waals surface area contributed by atoms with Crippen LogP contribution in [0.5, 0.6) is 0 Å². The van der Waals surface area contributed by atoms with E-state index in [0.717, 1.165) is 0 Å². The zero-order valence-electron chi connectivity index (χ0n) is 30.7. The maximum Gasteiger partial charge on any atom is 0.319 e. The van der Waals surface area contributed by atoms with Crippen molar-refractivity contribution >= 4 is 55.9 Å². The van der Waals surface area contributed by atoms with E-state index in [9.17, 15) is 4.79 Å². The van der Waals surface area contributed by atoms with Crippen LogP contribution in [0.3, 0.4) is 0 Å². The van der Waals surface area contributed by atoms with E-state index in [1.807, 2.05) is 0 Å². The maximum absolute atomic E-state index is 14.4. The fraction of sp³-hybridized carbons (Fsp3) is 0.964. The van der Waals surface area contributed by atoms with Crippen molar-refractivity contribution in [2.75, 3.05) is 46.2 Å². The van der Waals surface area contributed by atoms with E-state index in [1.54, 1.807) is 0 Å². The van der Waals surface area contributed by atoms with E-state index in [2.05, 4.69) is 118 Å². The molecule has 0 unspecified atom stereocenters. The highest BCUT2D eigenvalue weighted by Crippen LogP contribution is 2.31. The number of hydrogen-bond acceptors (Lipinski definition) is 8. The largest absolute Gasteiger partial charge is 0.464 e. The summed E-state index contributed by atoms with van der Waals surface area (Å²) in [6.45, 7) is 40.6. The van der Waals surface area contributed by atoms with Gasteiger partial charge in [-0.1, -0.05) is 0 Å².